The molecule has 0 unspecified atom stereocenters. The van der Waals surface area contributed by atoms with E-state index in [2.05, 4.69) is 12.2 Å². The molecule has 1 N–H and O–H groups in total. The molecular weight excluding hydrogens is 422 g/mol. The van der Waals surface area contributed by atoms with Gasteiger partial charge in [-0.1, -0.05) is 13.3 Å². The molecule has 8 heteroatoms. The molecule has 1 heterocycles. The highest BCUT2D eigenvalue weighted by Gasteiger charge is 2.22. The van der Waals surface area contributed by atoms with Crippen LogP contribution in [0, 0.1) is 10.1 Å². The van der Waals surface area contributed by atoms with Crippen LogP contribution < -0.4 is 10.1 Å². The summed E-state index contributed by atoms with van der Waals surface area (Å²) in [7, 11) is 0. The second-order valence-electron chi connectivity index (χ2n) is 7.94. The average Bonchev–Trinajstić information content (AvgIpc) is 2.84. The fourth-order valence-electron chi connectivity index (χ4n) is 3.51. The summed E-state index contributed by atoms with van der Waals surface area (Å²) in [6.45, 7) is 3.98. The number of benzene rings is 2. The molecule has 0 aliphatic carbocycles. The third-order valence-corrected chi connectivity index (χ3v) is 5.42. The van der Waals surface area contributed by atoms with E-state index in [9.17, 15) is 19.7 Å². The summed E-state index contributed by atoms with van der Waals surface area (Å²) in [4.78, 5) is 38.2. The van der Waals surface area contributed by atoms with Crippen LogP contribution in [0.4, 0.5) is 5.69 Å². The molecule has 33 heavy (non-hydrogen) atoms. The first kappa shape index (κ1) is 24.0. The lowest BCUT2D eigenvalue weighted by molar-refractivity contribution is -0.384. The van der Waals surface area contributed by atoms with Crippen LogP contribution in [0.1, 0.15) is 54.9 Å². The zero-order valence-electron chi connectivity index (χ0n) is 18.8. The largest absolute Gasteiger partial charge is 0.494 e. The number of ether oxygens (including phenoxy) is 1. The van der Waals surface area contributed by atoms with E-state index in [0.29, 0.717) is 36.6 Å². The number of hydrogen-bond acceptors (Lipinski definition) is 5. The first-order valence-corrected chi connectivity index (χ1v) is 11.3. The predicted molar refractivity (Wildman–Crippen MR) is 126 cm³/mol. The van der Waals surface area contributed by atoms with Crippen molar-refractivity contribution in [2.75, 3.05) is 19.7 Å². The number of carbonyl (C=O) groups is 2. The SMILES string of the molecule is CCCCOc1ccc(C(=O)NC(=Cc2ccc([N+](=O)[O-])cc2)C(=O)N2CCCCC2)cc1. The predicted octanol–water partition coefficient (Wildman–Crippen LogP) is 4.56. The van der Waals surface area contributed by atoms with Crippen molar-refractivity contribution in [3.63, 3.8) is 0 Å². The van der Waals surface area contributed by atoms with Crippen LogP contribution in [0.2, 0.25) is 0 Å². The van der Waals surface area contributed by atoms with Gasteiger partial charge in [0.2, 0.25) is 0 Å². The summed E-state index contributed by atoms with van der Waals surface area (Å²) in [6.07, 6.45) is 6.46. The van der Waals surface area contributed by atoms with Gasteiger partial charge in [0, 0.05) is 30.8 Å². The minimum atomic E-state index is -0.481. The molecule has 2 amide bonds. The number of nitro benzene ring substituents is 1. The quantitative estimate of drug-likeness (QED) is 0.261. The third-order valence-electron chi connectivity index (χ3n) is 5.42. The number of nitrogens with zero attached hydrogens (tertiary/aromatic N) is 2. The lowest BCUT2D eigenvalue weighted by atomic mass is 10.1. The van der Waals surface area contributed by atoms with Crippen molar-refractivity contribution < 1.29 is 19.2 Å². The van der Waals surface area contributed by atoms with Crippen molar-refractivity contribution in [3.8, 4) is 5.75 Å². The van der Waals surface area contributed by atoms with Gasteiger partial charge in [-0.3, -0.25) is 19.7 Å². The van der Waals surface area contributed by atoms with Gasteiger partial charge >= 0.3 is 0 Å². The molecule has 3 rings (SSSR count). The van der Waals surface area contributed by atoms with Crippen LogP contribution in [0.25, 0.3) is 6.08 Å². The average molecular weight is 452 g/mol. The van der Waals surface area contributed by atoms with E-state index in [-0.39, 0.29) is 17.3 Å². The van der Waals surface area contributed by atoms with E-state index in [1.807, 2.05) is 0 Å². The van der Waals surface area contributed by atoms with E-state index in [1.54, 1.807) is 47.4 Å². The molecular formula is C25H29N3O5. The van der Waals surface area contributed by atoms with Crippen LogP contribution in [0.3, 0.4) is 0 Å². The Bertz CT molecular complexity index is 994. The van der Waals surface area contributed by atoms with E-state index in [0.717, 1.165) is 32.1 Å². The van der Waals surface area contributed by atoms with Gasteiger partial charge < -0.3 is 15.0 Å². The Morgan fingerprint density at radius 2 is 1.73 bits per heavy atom. The maximum atomic E-state index is 13.2. The van der Waals surface area contributed by atoms with Gasteiger partial charge in [0.15, 0.2) is 0 Å². The molecule has 0 atom stereocenters. The fourth-order valence-corrected chi connectivity index (χ4v) is 3.51. The lowest BCUT2D eigenvalue weighted by Crippen LogP contribution is -2.41. The van der Waals surface area contributed by atoms with E-state index < -0.39 is 10.8 Å². The second-order valence-corrected chi connectivity index (χ2v) is 7.94. The first-order valence-electron chi connectivity index (χ1n) is 11.3. The number of amides is 2. The minimum Gasteiger partial charge on any atom is -0.494 e. The van der Waals surface area contributed by atoms with Crippen molar-refractivity contribution in [1.82, 2.24) is 10.2 Å². The number of unbranched alkanes of at least 4 members (excludes halogenated alkanes) is 1. The molecule has 1 fully saturated rings. The summed E-state index contributed by atoms with van der Waals surface area (Å²) in [5.74, 6) is 0.0144. The second kappa shape index (κ2) is 11.8. The monoisotopic (exact) mass is 451 g/mol. The van der Waals surface area contributed by atoms with Gasteiger partial charge in [-0.05, 0) is 73.7 Å². The van der Waals surface area contributed by atoms with E-state index >= 15 is 0 Å². The number of non-ortho nitro benzene ring substituents is 1. The maximum Gasteiger partial charge on any atom is 0.270 e. The van der Waals surface area contributed by atoms with Crippen LogP contribution in [0.15, 0.2) is 54.2 Å². The number of likely N-dealkylation sites (tertiary alicyclic amines) is 1. The lowest BCUT2D eigenvalue weighted by Gasteiger charge is -2.27. The molecule has 1 saturated heterocycles. The maximum absolute atomic E-state index is 13.2. The van der Waals surface area contributed by atoms with Crippen LogP contribution in [-0.2, 0) is 4.79 Å². The Kier molecular flexibility index (Phi) is 8.57. The van der Waals surface area contributed by atoms with Crippen LogP contribution in [-0.4, -0.2) is 41.3 Å². The molecule has 1 aliphatic heterocycles. The summed E-state index contributed by atoms with van der Waals surface area (Å²) < 4.78 is 5.63. The van der Waals surface area contributed by atoms with Crippen LogP contribution in [0.5, 0.6) is 5.75 Å². The van der Waals surface area contributed by atoms with Gasteiger partial charge in [0.05, 0.1) is 11.5 Å². The number of nitrogens with one attached hydrogen (secondary N) is 1. The minimum absolute atomic E-state index is 0.0404. The summed E-state index contributed by atoms with van der Waals surface area (Å²) in [5, 5.41) is 13.7. The Morgan fingerprint density at radius 3 is 2.33 bits per heavy atom. The first-order chi connectivity index (χ1) is 16.0. The van der Waals surface area contributed by atoms with Crippen molar-refractivity contribution in [3.05, 3.63) is 75.5 Å². The number of carbonyl (C=O) groups excluding carboxylic acids is 2. The highest BCUT2D eigenvalue weighted by Crippen LogP contribution is 2.18. The Balaban J connectivity index is 1.79. The van der Waals surface area contributed by atoms with E-state index in [4.69, 9.17) is 4.74 Å². The molecule has 0 bridgehead atoms. The summed E-state index contributed by atoms with van der Waals surface area (Å²) in [6, 6.07) is 12.6. The summed E-state index contributed by atoms with van der Waals surface area (Å²) >= 11 is 0. The highest BCUT2D eigenvalue weighted by atomic mass is 16.6. The fraction of sp³-hybridized carbons (Fsp3) is 0.360. The number of piperidine rings is 1. The number of nitro groups is 1. The molecule has 2 aromatic carbocycles. The molecule has 0 radical (unpaired) electrons. The molecule has 1 aliphatic rings. The zero-order chi connectivity index (χ0) is 23.6. The standard InChI is InChI=1S/C25H29N3O5/c1-2-3-17-33-22-13-9-20(10-14-22)24(29)26-23(25(30)27-15-5-4-6-16-27)18-19-7-11-21(12-8-19)28(31)32/h7-14,18H,2-6,15-17H2,1H3,(H,26,29). The van der Waals surface area contributed by atoms with Crippen LogP contribution >= 0.6 is 0 Å². The third kappa shape index (κ3) is 6.90. The molecule has 174 valence electrons. The van der Waals surface area contributed by atoms with Crippen molar-refractivity contribution in [2.45, 2.75) is 39.0 Å². The van der Waals surface area contributed by atoms with Crippen molar-refractivity contribution in [2.24, 2.45) is 0 Å². The number of hydrogen-bond donors (Lipinski definition) is 1. The molecule has 0 aromatic heterocycles. The molecule has 0 saturated carbocycles. The van der Waals surface area contributed by atoms with Crippen molar-refractivity contribution in [1.29, 1.82) is 0 Å². The van der Waals surface area contributed by atoms with Gasteiger partial charge in [0.25, 0.3) is 17.5 Å². The normalized spacial score (nSPS) is 14.0. The topological polar surface area (TPSA) is 102 Å². The number of rotatable bonds is 9. The van der Waals surface area contributed by atoms with Gasteiger partial charge in [-0.2, -0.15) is 0 Å². The van der Waals surface area contributed by atoms with Crippen molar-refractivity contribution >= 4 is 23.6 Å². The molecule has 2 aromatic rings. The Morgan fingerprint density at radius 1 is 1.06 bits per heavy atom. The molecule has 0 spiro atoms. The Labute approximate surface area is 193 Å². The Hall–Kier alpha value is -3.68. The van der Waals surface area contributed by atoms with E-state index in [1.165, 1.54) is 12.1 Å². The smallest absolute Gasteiger partial charge is 0.270 e. The highest BCUT2D eigenvalue weighted by molar-refractivity contribution is 6.05. The molecule has 8 nitrogen and oxygen atoms in total. The zero-order valence-corrected chi connectivity index (χ0v) is 18.8. The van der Waals surface area contributed by atoms with Gasteiger partial charge in [-0.15, -0.1) is 0 Å². The summed E-state index contributed by atoms with van der Waals surface area (Å²) in [5.41, 5.74) is 1.08. The van der Waals surface area contributed by atoms with Gasteiger partial charge in [-0.25, -0.2) is 0 Å². The van der Waals surface area contributed by atoms with Gasteiger partial charge in [0.1, 0.15) is 11.4 Å².